The average Bonchev–Trinajstić information content (AvgIpc) is 2.82. The number of nitrogens with one attached hydrogen (secondary N) is 1. The predicted octanol–water partition coefficient (Wildman–Crippen LogP) is 1.42. The Labute approximate surface area is 123 Å². The molecule has 0 atom stereocenters. The van der Waals surface area contributed by atoms with Gasteiger partial charge in [0.15, 0.2) is 0 Å². The van der Waals surface area contributed by atoms with E-state index in [9.17, 15) is 9.59 Å². The first-order valence-electron chi connectivity index (χ1n) is 7.54. The molecule has 0 aromatic carbocycles. The van der Waals surface area contributed by atoms with Crippen LogP contribution in [0.2, 0.25) is 0 Å². The molecule has 2 aliphatic heterocycles. The van der Waals surface area contributed by atoms with Crippen LogP contribution >= 0.6 is 0 Å². The lowest BCUT2D eigenvalue weighted by atomic mass is 9.72. The van der Waals surface area contributed by atoms with Crippen LogP contribution in [0.4, 0.5) is 0 Å². The summed E-state index contributed by atoms with van der Waals surface area (Å²) in [7, 11) is 0. The summed E-state index contributed by atoms with van der Waals surface area (Å²) in [5, 5.41) is 6.81. The van der Waals surface area contributed by atoms with Crippen LogP contribution in [-0.2, 0) is 4.79 Å². The summed E-state index contributed by atoms with van der Waals surface area (Å²) in [6.45, 7) is 5.56. The fourth-order valence-corrected chi connectivity index (χ4v) is 3.49. The van der Waals surface area contributed by atoms with E-state index in [2.05, 4.69) is 10.5 Å². The van der Waals surface area contributed by atoms with E-state index in [-0.39, 0.29) is 17.2 Å². The molecule has 1 spiro atoms. The number of hydrogen-bond acceptors (Lipinski definition) is 4. The number of nitrogens with zero attached hydrogens (tertiary/aromatic N) is 2. The van der Waals surface area contributed by atoms with Gasteiger partial charge in [-0.05, 0) is 39.5 Å². The van der Waals surface area contributed by atoms with Crippen molar-refractivity contribution in [3.8, 4) is 0 Å². The number of piperidine rings is 2. The molecular weight excluding hydrogens is 270 g/mol. The lowest BCUT2D eigenvalue weighted by Crippen LogP contribution is -2.52. The van der Waals surface area contributed by atoms with Crippen LogP contribution in [0.3, 0.4) is 0 Å². The Kier molecular flexibility index (Phi) is 3.47. The van der Waals surface area contributed by atoms with Gasteiger partial charge in [0.1, 0.15) is 11.3 Å². The molecule has 1 N–H and O–H groups in total. The minimum atomic E-state index is -0.256. The molecular formula is C15H21N3O3. The number of hydrogen-bond donors (Lipinski definition) is 1. The normalized spacial score (nSPS) is 21.4. The van der Waals surface area contributed by atoms with Gasteiger partial charge in [-0.1, -0.05) is 5.16 Å². The maximum Gasteiger partial charge on any atom is 0.259 e. The fraction of sp³-hybridized carbons (Fsp3) is 0.667. The number of aryl methyl sites for hydroxylation is 2. The van der Waals surface area contributed by atoms with E-state index in [4.69, 9.17) is 4.52 Å². The maximum absolute atomic E-state index is 12.6. The molecule has 0 radical (unpaired) electrons. The first-order chi connectivity index (χ1) is 10.0. The second kappa shape index (κ2) is 5.16. The molecule has 0 unspecified atom stereocenters. The minimum Gasteiger partial charge on any atom is -0.361 e. The topological polar surface area (TPSA) is 75.4 Å². The Hall–Kier alpha value is -1.85. The summed E-state index contributed by atoms with van der Waals surface area (Å²) in [4.78, 5) is 26.5. The van der Waals surface area contributed by atoms with E-state index in [1.54, 1.807) is 13.8 Å². The van der Waals surface area contributed by atoms with E-state index in [1.807, 2.05) is 4.90 Å². The van der Waals surface area contributed by atoms with Gasteiger partial charge in [0.05, 0.1) is 11.1 Å². The van der Waals surface area contributed by atoms with Crippen LogP contribution in [0.1, 0.15) is 47.5 Å². The molecule has 0 saturated carbocycles. The Balaban J connectivity index is 1.71. The predicted molar refractivity (Wildman–Crippen MR) is 75.8 cm³/mol. The van der Waals surface area contributed by atoms with Gasteiger partial charge in [0, 0.05) is 19.6 Å². The highest BCUT2D eigenvalue weighted by atomic mass is 16.5. The highest BCUT2D eigenvalue weighted by Gasteiger charge is 2.43. The Morgan fingerprint density at radius 2 is 2.00 bits per heavy atom. The minimum absolute atomic E-state index is 0.0303. The molecule has 6 heteroatoms. The molecule has 6 nitrogen and oxygen atoms in total. The summed E-state index contributed by atoms with van der Waals surface area (Å²) < 4.78 is 5.07. The van der Waals surface area contributed by atoms with Crippen molar-refractivity contribution in [2.75, 3.05) is 19.6 Å². The quantitative estimate of drug-likeness (QED) is 0.849. The van der Waals surface area contributed by atoms with Gasteiger partial charge in [0.25, 0.3) is 5.91 Å². The van der Waals surface area contributed by atoms with Crippen LogP contribution in [0.25, 0.3) is 0 Å². The number of carbonyl (C=O) groups excluding carboxylic acids is 2. The molecule has 3 heterocycles. The first-order valence-corrected chi connectivity index (χ1v) is 7.54. The van der Waals surface area contributed by atoms with E-state index < -0.39 is 0 Å². The summed E-state index contributed by atoms with van der Waals surface area (Å²) >= 11 is 0. The van der Waals surface area contributed by atoms with Crippen molar-refractivity contribution in [2.24, 2.45) is 5.41 Å². The van der Waals surface area contributed by atoms with E-state index in [0.29, 0.717) is 30.1 Å². The van der Waals surface area contributed by atoms with E-state index in [0.717, 1.165) is 32.2 Å². The molecule has 114 valence electrons. The van der Waals surface area contributed by atoms with Crippen molar-refractivity contribution in [1.29, 1.82) is 0 Å². The van der Waals surface area contributed by atoms with Crippen molar-refractivity contribution in [3.63, 3.8) is 0 Å². The van der Waals surface area contributed by atoms with Crippen LogP contribution < -0.4 is 5.32 Å². The van der Waals surface area contributed by atoms with Crippen LogP contribution in [0.5, 0.6) is 0 Å². The Morgan fingerprint density at radius 1 is 1.29 bits per heavy atom. The first kappa shape index (κ1) is 14.1. The second-order valence-corrected chi connectivity index (χ2v) is 6.13. The third kappa shape index (κ3) is 2.32. The van der Waals surface area contributed by atoms with Gasteiger partial charge >= 0.3 is 0 Å². The monoisotopic (exact) mass is 291 g/mol. The van der Waals surface area contributed by atoms with Gasteiger partial charge in [-0.15, -0.1) is 0 Å². The molecule has 2 fully saturated rings. The molecule has 2 amide bonds. The van der Waals surface area contributed by atoms with Gasteiger partial charge in [-0.3, -0.25) is 9.59 Å². The number of rotatable bonds is 1. The lowest BCUT2D eigenvalue weighted by Gasteiger charge is -2.42. The summed E-state index contributed by atoms with van der Waals surface area (Å²) in [6, 6.07) is 0. The van der Waals surface area contributed by atoms with Gasteiger partial charge in [0.2, 0.25) is 5.91 Å². The van der Waals surface area contributed by atoms with Crippen molar-refractivity contribution in [2.45, 2.75) is 39.5 Å². The van der Waals surface area contributed by atoms with Crippen molar-refractivity contribution >= 4 is 11.8 Å². The second-order valence-electron chi connectivity index (χ2n) is 6.13. The van der Waals surface area contributed by atoms with Crippen molar-refractivity contribution in [3.05, 3.63) is 17.0 Å². The van der Waals surface area contributed by atoms with Crippen molar-refractivity contribution in [1.82, 2.24) is 15.4 Å². The number of aromatic nitrogens is 1. The fourth-order valence-electron chi connectivity index (χ4n) is 3.49. The molecule has 2 aliphatic rings. The van der Waals surface area contributed by atoms with Crippen LogP contribution in [0.15, 0.2) is 4.52 Å². The molecule has 0 aliphatic carbocycles. The maximum atomic E-state index is 12.6. The van der Waals surface area contributed by atoms with E-state index >= 15 is 0 Å². The third-order valence-corrected chi connectivity index (χ3v) is 4.85. The highest BCUT2D eigenvalue weighted by molar-refractivity contribution is 5.96. The molecule has 1 aromatic heterocycles. The number of carbonyl (C=O) groups is 2. The van der Waals surface area contributed by atoms with Crippen molar-refractivity contribution < 1.29 is 14.1 Å². The van der Waals surface area contributed by atoms with Crippen LogP contribution in [0, 0.1) is 19.3 Å². The molecule has 3 rings (SSSR count). The van der Waals surface area contributed by atoms with Gasteiger partial charge < -0.3 is 14.7 Å². The summed E-state index contributed by atoms with van der Waals surface area (Å²) in [6.07, 6.45) is 3.46. The SMILES string of the molecule is Cc1noc(C)c1C(=O)N1CCC2(CCCNC2=O)CC1. The molecule has 2 saturated heterocycles. The third-order valence-electron chi connectivity index (χ3n) is 4.85. The largest absolute Gasteiger partial charge is 0.361 e. The van der Waals surface area contributed by atoms with Gasteiger partial charge in [-0.25, -0.2) is 0 Å². The molecule has 0 bridgehead atoms. The Morgan fingerprint density at radius 3 is 2.57 bits per heavy atom. The summed E-state index contributed by atoms with van der Waals surface area (Å²) in [5.74, 6) is 0.698. The Bertz CT molecular complexity index is 551. The van der Waals surface area contributed by atoms with Gasteiger partial charge in [-0.2, -0.15) is 0 Å². The average molecular weight is 291 g/mol. The molecule has 1 aromatic rings. The highest BCUT2D eigenvalue weighted by Crippen LogP contribution is 2.38. The zero-order valence-corrected chi connectivity index (χ0v) is 12.6. The molecule has 21 heavy (non-hydrogen) atoms. The number of likely N-dealkylation sites (tertiary alicyclic amines) is 1. The smallest absolute Gasteiger partial charge is 0.259 e. The lowest BCUT2D eigenvalue weighted by molar-refractivity contribution is -0.136. The van der Waals surface area contributed by atoms with E-state index in [1.165, 1.54) is 0 Å². The number of amides is 2. The standard InChI is InChI=1S/C15H21N3O3/c1-10-12(11(2)21-17-10)13(19)18-8-5-15(6-9-18)4-3-7-16-14(15)20/h3-9H2,1-2H3,(H,16,20). The van der Waals surface area contributed by atoms with Crippen LogP contribution in [-0.4, -0.2) is 41.5 Å². The summed E-state index contributed by atoms with van der Waals surface area (Å²) in [5.41, 5.74) is 0.945. The zero-order chi connectivity index (χ0) is 15.0. The zero-order valence-electron chi connectivity index (χ0n) is 12.6.